The van der Waals surface area contributed by atoms with Gasteiger partial charge in [0.05, 0.1) is 22.3 Å². The third-order valence-corrected chi connectivity index (χ3v) is 18.3. The maximum Gasteiger partial charge on any atom is 0.196 e. The maximum absolute atomic E-state index is 17.0. The van der Waals surface area contributed by atoms with Gasteiger partial charge in [-0.1, -0.05) is 50.9 Å². The van der Waals surface area contributed by atoms with Crippen LogP contribution in [-0.4, -0.2) is 114 Å². The molecular formula is C44H54Cl2F4O10. The molecule has 18 atom stereocenters. The summed E-state index contributed by atoms with van der Waals surface area (Å²) in [7, 11) is 0. The van der Waals surface area contributed by atoms with Gasteiger partial charge >= 0.3 is 0 Å². The largest absolute Gasteiger partial charge is 0.390 e. The Hall–Kier alpha value is -2.30. The summed E-state index contributed by atoms with van der Waals surface area (Å²) in [5.41, 5.74) is -14.4. The molecule has 8 aliphatic carbocycles. The lowest BCUT2D eigenvalue weighted by Crippen LogP contribution is -2.70. The average molecular weight is 890 g/mol. The molecular weight excluding hydrogens is 835 g/mol. The van der Waals surface area contributed by atoms with Gasteiger partial charge < -0.3 is 30.6 Å². The molecule has 0 aromatic heterocycles. The summed E-state index contributed by atoms with van der Waals surface area (Å²) in [6.07, 6.45) is -2.56. The molecule has 0 heterocycles. The minimum Gasteiger partial charge on any atom is -0.390 e. The van der Waals surface area contributed by atoms with Crippen LogP contribution in [0.2, 0.25) is 0 Å². The standard InChI is InChI=1S/2C22H27ClF2O5/c2*1-10-4-11-12-5-15(24)13-6-16(27)14(23)7-19(13,2)21(12,25)17(28)8-20(11,3)22(10,30)18(29)9-26/h2*6-7,10-12,15,17,26,28,30H,4-5,8-9H2,1-3H3/t2*10-,11+,12+,15+,17+,19+,20+,21+,22+/m11/s1. The third-order valence-electron chi connectivity index (χ3n) is 17.7. The Morgan fingerprint density at radius 2 is 0.967 bits per heavy atom. The number of ketones is 4. The molecule has 332 valence electrons. The first kappa shape index (κ1) is 45.7. The zero-order valence-electron chi connectivity index (χ0n) is 34.3. The summed E-state index contributed by atoms with van der Waals surface area (Å²) < 4.78 is 64.6. The van der Waals surface area contributed by atoms with Gasteiger partial charge in [-0.3, -0.25) is 19.2 Å². The number of rotatable bonds is 4. The summed E-state index contributed by atoms with van der Waals surface area (Å²) in [5.74, 6) is -7.18. The van der Waals surface area contributed by atoms with E-state index in [0.717, 1.165) is 12.2 Å². The fourth-order valence-corrected chi connectivity index (χ4v) is 15.2. The Kier molecular flexibility index (Phi) is 10.7. The van der Waals surface area contributed by atoms with Gasteiger partial charge in [-0.25, -0.2) is 17.6 Å². The average Bonchev–Trinajstić information content (AvgIpc) is 3.51. The van der Waals surface area contributed by atoms with E-state index in [1.165, 1.54) is 26.0 Å². The Bertz CT molecular complexity index is 1920. The number of Topliss-reactive ketones (excluding diaryl/α,β-unsaturated/α-hetero) is 2. The second-order valence-electron chi connectivity index (χ2n) is 19.9. The zero-order chi connectivity index (χ0) is 44.9. The maximum atomic E-state index is 17.0. The molecule has 0 unspecified atom stereocenters. The van der Waals surface area contributed by atoms with Gasteiger partial charge in [-0.15, -0.1) is 0 Å². The van der Waals surface area contributed by atoms with Gasteiger partial charge in [0.2, 0.25) is 0 Å². The van der Waals surface area contributed by atoms with E-state index in [1.807, 2.05) is 0 Å². The van der Waals surface area contributed by atoms with Crippen molar-refractivity contribution in [2.75, 3.05) is 13.2 Å². The van der Waals surface area contributed by atoms with E-state index < -0.39 is 141 Å². The number of alkyl halides is 4. The highest BCUT2D eigenvalue weighted by Gasteiger charge is 2.78. The van der Waals surface area contributed by atoms with E-state index >= 15 is 17.6 Å². The van der Waals surface area contributed by atoms with Crippen molar-refractivity contribution in [3.8, 4) is 0 Å². The summed E-state index contributed by atoms with van der Waals surface area (Å²) in [6.45, 7) is 7.69. The number of halogens is 6. The smallest absolute Gasteiger partial charge is 0.196 e. The predicted octanol–water partition coefficient (Wildman–Crippen LogP) is 4.82. The first-order valence-electron chi connectivity index (χ1n) is 20.6. The lowest BCUT2D eigenvalue weighted by molar-refractivity contribution is -0.224. The Morgan fingerprint density at radius 3 is 1.27 bits per heavy atom. The number of aliphatic hydroxyl groups excluding tert-OH is 4. The van der Waals surface area contributed by atoms with E-state index in [0.29, 0.717) is 0 Å². The normalized spacial score (nSPS) is 52.7. The quantitative estimate of drug-likeness (QED) is 0.214. The lowest BCUT2D eigenvalue weighted by atomic mass is 9.44. The minimum absolute atomic E-state index is 0.0361. The summed E-state index contributed by atoms with van der Waals surface area (Å²) in [5, 5.41) is 63.5. The van der Waals surface area contributed by atoms with Gasteiger partial charge in [0, 0.05) is 33.5 Å². The van der Waals surface area contributed by atoms with E-state index in [1.54, 1.807) is 27.7 Å². The predicted molar refractivity (Wildman–Crippen MR) is 210 cm³/mol. The second-order valence-corrected chi connectivity index (χ2v) is 20.7. The molecule has 0 spiro atoms. The van der Waals surface area contributed by atoms with Crippen molar-refractivity contribution in [3.05, 3.63) is 45.5 Å². The molecule has 8 aliphatic rings. The molecule has 0 aliphatic heterocycles. The van der Waals surface area contributed by atoms with Crippen LogP contribution >= 0.6 is 23.2 Å². The van der Waals surface area contributed by atoms with E-state index in [9.17, 15) is 49.8 Å². The number of hydrogen-bond acceptors (Lipinski definition) is 10. The van der Waals surface area contributed by atoms with E-state index in [2.05, 4.69) is 0 Å². The Morgan fingerprint density at radius 1 is 0.650 bits per heavy atom. The fourth-order valence-electron chi connectivity index (χ4n) is 14.6. The molecule has 60 heavy (non-hydrogen) atoms. The first-order chi connectivity index (χ1) is 27.6. The van der Waals surface area contributed by atoms with Crippen LogP contribution in [0, 0.1) is 57.2 Å². The van der Waals surface area contributed by atoms with Crippen LogP contribution in [0.1, 0.15) is 80.1 Å². The molecule has 0 amide bonds. The number of hydrogen-bond donors (Lipinski definition) is 6. The van der Waals surface area contributed by atoms with Crippen LogP contribution in [0.25, 0.3) is 0 Å². The molecule has 6 saturated carbocycles. The topological polar surface area (TPSA) is 190 Å². The molecule has 8 rings (SSSR count). The lowest BCUT2D eigenvalue weighted by Gasteiger charge is -2.63. The highest BCUT2D eigenvalue weighted by molar-refractivity contribution is 6.45. The molecule has 6 fully saturated rings. The number of carbonyl (C=O) groups is 4. The summed E-state index contributed by atoms with van der Waals surface area (Å²) in [6, 6.07) is 0. The van der Waals surface area contributed by atoms with Crippen LogP contribution < -0.4 is 0 Å². The minimum atomic E-state index is -2.33. The van der Waals surface area contributed by atoms with E-state index in [-0.39, 0.29) is 59.7 Å². The molecule has 0 saturated heterocycles. The number of aliphatic hydroxyl groups is 6. The molecule has 0 aromatic carbocycles. The molecule has 0 aromatic rings. The van der Waals surface area contributed by atoms with Crippen molar-refractivity contribution >= 4 is 46.3 Å². The van der Waals surface area contributed by atoms with Crippen molar-refractivity contribution in [3.63, 3.8) is 0 Å². The summed E-state index contributed by atoms with van der Waals surface area (Å²) in [4.78, 5) is 49.2. The van der Waals surface area contributed by atoms with Gasteiger partial charge in [0.1, 0.15) is 36.8 Å². The Balaban J connectivity index is 0.000000181. The number of fused-ring (bicyclic) bond motifs is 10. The van der Waals surface area contributed by atoms with E-state index in [4.69, 9.17) is 23.2 Å². The number of allylic oxidation sites excluding steroid dienone is 8. The van der Waals surface area contributed by atoms with Crippen molar-refractivity contribution < 1.29 is 67.4 Å². The molecule has 6 N–H and O–H groups in total. The van der Waals surface area contributed by atoms with Crippen molar-refractivity contribution in [2.24, 2.45) is 57.2 Å². The molecule has 0 radical (unpaired) electrons. The van der Waals surface area contributed by atoms with Gasteiger partial charge in [0.25, 0.3) is 0 Å². The third kappa shape index (κ3) is 5.28. The van der Waals surface area contributed by atoms with Gasteiger partial charge in [-0.05, 0) is 111 Å². The first-order valence-corrected chi connectivity index (χ1v) is 21.4. The second kappa shape index (κ2) is 14.1. The SMILES string of the molecule is C[C@@H]1C[C@H]2[C@@H]3C[C@H](F)C4=CC(=O)C(Cl)=C[C@]4(C)[C@@]3(F)[C@@H](O)C[C@]2(C)[C@@]1(O)C(=O)CO.C[C@@H]1C[C@H]2[C@@H]3C[C@H](F)C4=CC(=O)C(Cl)=C[C@]4(C)[C@@]3(F)[C@@H](O)C[C@]2(C)[C@@]1(O)C(=O)CO. The number of carbonyl (C=O) groups excluding carboxylic acids is 4. The van der Waals surface area contributed by atoms with Gasteiger partial charge in [0.15, 0.2) is 34.5 Å². The molecule has 10 nitrogen and oxygen atoms in total. The zero-order valence-corrected chi connectivity index (χ0v) is 35.8. The van der Waals surface area contributed by atoms with Crippen molar-refractivity contribution in [1.82, 2.24) is 0 Å². The fraction of sp³-hybridized carbons (Fsp3) is 0.727. The Labute approximate surface area is 355 Å². The van der Waals surface area contributed by atoms with Crippen LogP contribution in [0.3, 0.4) is 0 Å². The molecule has 16 heteroatoms. The molecule has 0 bridgehead atoms. The van der Waals surface area contributed by atoms with Crippen LogP contribution in [0.5, 0.6) is 0 Å². The van der Waals surface area contributed by atoms with Crippen LogP contribution in [-0.2, 0) is 19.2 Å². The highest BCUT2D eigenvalue weighted by Crippen LogP contribution is 2.73. The van der Waals surface area contributed by atoms with Crippen molar-refractivity contribution in [2.45, 2.75) is 127 Å². The van der Waals surface area contributed by atoms with Crippen molar-refractivity contribution in [1.29, 1.82) is 0 Å². The highest BCUT2D eigenvalue weighted by atomic mass is 35.5. The van der Waals surface area contributed by atoms with Crippen LogP contribution in [0.15, 0.2) is 45.5 Å². The monoisotopic (exact) mass is 888 g/mol. The van der Waals surface area contributed by atoms with Crippen LogP contribution in [0.4, 0.5) is 17.6 Å². The summed E-state index contributed by atoms with van der Waals surface area (Å²) >= 11 is 12.0. The van der Waals surface area contributed by atoms with Gasteiger partial charge in [-0.2, -0.15) is 0 Å².